The molecule has 4 heteroatoms. The van der Waals surface area contributed by atoms with Crippen LogP contribution >= 0.6 is 0 Å². The van der Waals surface area contributed by atoms with Crippen LogP contribution in [-0.2, 0) is 13.6 Å². The molecule has 1 fully saturated rings. The van der Waals surface area contributed by atoms with Gasteiger partial charge in [-0.25, -0.2) is 0 Å². The molecule has 84 valence electrons. The van der Waals surface area contributed by atoms with Crippen LogP contribution in [0.4, 0.5) is 0 Å². The number of aromatic nitrogens is 3. The van der Waals surface area contributed by atoms with Gasteiger partial charge >= 0.3 is 0 Å². The zero-order valence-electron chi connectivity index (χ0n) is 9.77. The highest BCUT2D eigenvalue weighted by molar-refractivity contribution is 4.90. The van der Waals surface area contributed by atoms with E-state index in [0.29, 0.717) is 6.04 Å². The SMILES string of the molecule is CC(C)C1CC(NCc2nncn2C)C1. The van der Waals surface area contributed by atoms with Crippen LogP contribution in [0.15, 0.2) is 6.33 Å². The predicted molar refractivity (Wildman–Crippen MR) is 59.2 cm³/mol. The molecule has 0 aliphatic heterocycles. The van der Waals surface area contributed by atoms with Crippen molar-refractivity contribution in [2.24, 2.45) is 18.9 Å². The van der Waals surface area contributed by atoms with Gasteiger partial charge in [-0.1, -0.05) is 13.8 Å². The predicted octanol–water partition coefficient (Wildman–Crippen LogP) is 1.34. The maximum Gasteiger partial charge on any atom is 0.146 e. The lowest BCUT2D eigenvalue weighted by Gasteiger charge is -2.38. The van der Waals surface area contributed by atoms with Gasteiger partial charge in [-0.3, -0.25) is 0 Å². The molecule has 0 bridgehead atoms. The van der Waals surface area contributed by atoms with Crippen molar-refractivity contribution < 1.29 is 0 Å². The molecule has 1 aromatic rings. The Kier molecular flexibility index (Phi) is 3.05. The van der Waals surface area contributed by atoms with Crippen molar-refractivity contribution >= 4 is 0 Å². The van der Waals surface area contributed by atoms with Gasteiger partial charge in [0.05, 0.1) is 6.54 Å². The maximum absolute atomic E-state index is 4.05. The number of rotatable bonds is 4. The first-order valence-corrected chi connectivity index (χ1v) is 5.73. The second kappa shape index (κ2) is 4.31. The van der Waals surface area contributed by atoms with Gasteiger partial charge in [0.15, 0.2) is 0 Å². The summed E-state index contributed by atoms with van der Waals surface area (Å²) in [5.74, 6) is 2.77. The van der Waals surface area contributed by atoms with Crippen LogP contribution in [-0.4, -0.2) is 20.8 Å². The van der Waals surface area contributed by atoms with E-state index >= 15 is 0 Å². The zero-order chi connectivity index (χ0) is 10.8. The fourth-order valence-corrected chi connectivity index (χ4v) is 2.08. The molecule has 15 heavy (non-hydrogen) atoms. The summed E-state index contributed by atoms with van der Waals surface area (Å²) in [5, 5.41) is 11.4. The van der Waals surface area contributed by atoms with E-state index < -0.39 is 0 Å². The molecule has 1 N–H and O–H groups in total. The molecule has 4 nitrogen and oxygen atoms in total. The second-order valence-electron chi connectivity index (χ2n) is 4.91. The highest BCUT2D eigenvalue weighted by Gasteiger charge is 2.30. The Morgan fingerprint density at radius 3 is 2.80 bits per heavy atom. The lowest BCUT2D eigenvalue weighted by atomic mass is 9.74. The van der Waals surface area contributed by atoms with E-state index in [2.05, 4.69) is 29.4 Å². The molecule has 2 rings (SSSR count). The molecule has 0 aromatic carbocycles. The molecular weight excluding hydrogens is 188 g/mol. The van der Waals surface area contributed by atoms with Crippen LogP contribution < -0.4 is 5.32 Å². The van der Waals surface area contributed by atoms with Crippen LogP contribution in [0, 0.1) is 11.8 Å². The first-order chi connectivity index (χ1) is 7.16. The Balaban J connectivity index is 1.71. The molecule has 0 saturated heterocycles. The maximum atomic E-state index is 4.05. The Labute approximate surface area is 91.1 Å². The summed E-state index contributed by atoms with van der Waals surface area (Å²) in [7, 11) is 1.98. The standard InChI is InChI=1S/C11H20N4/c1-8(2)9-4-10(5-9)12-6-11-14-13-7-15(11)3/h7-10,12H,4-6H2,1-3H3. The average Bonchev–Trinajstić information content (AvgIpc) is 2.48. The molecule has 1 aromatic heterocycles. The molecule has 1 aliphatic carbocycles. The van der Waals surface area contributed by atoms with Crippen LogP contribution in [0.1, 0.15) is 32.5 Å². The molecule has 0 unspecified atom stereocenters. The highest BCUT2D eigenvalue weighted by atomic mass is 15.3. The summed E-state index contributed by atoms with van der Waals surface area (Å²) < 4.78 is 1.96. The average molecular weight is 208 g/mol. The first kappa shape index (κ1) is 10.6. The number of hydrogen-bond donors (Lipinski definition) is 1. The minimum absolute atomic E-state index is 0.689. The summed E-state index contributed by atoms with van der Waals surface area (Å²) >= 11 is 0. The molecule has 1 heterocycles. The number of hydrogen-bond acceptors (Lipinski definition) is 3. The van der Waals surface area contributed by atoms with Crippen molar-refractivity contribution in [3.63, 3.8) is 0 Å². The van der Waals surface area contributed by atoms with Crippen molar-refractivity contribution in [2.75, 3.05) is 0 Å². The van der Waals surface area contributed by atoms with Gasteiger partial charge in [-0.05, 0) is 24.7 Å². The minimum atomic E-state index is 0.689. The topological polar surface area (TPSA) is 42.7 Å². The number of nitrogens with one attached hydrogen (secondary N) is 1. The van der Waals surface area contributed by atoms with Crippen LogP contribution in [0.5, 0.6) is 0 Å². The summed E-state index contributed by atoms with van der Waals surface area (Å²) in [4.78, 5) is 0. The molecule has 0 atom stereocenters. The van der Waals surface area contributed by atoms with E-state index in [4.69, 9.17) is 0 Å². The first-order valence-electron chi connectivity index (χ1n) is 5.73. The van der Waals surface area contributed by atoms with E-state index in [9.17, 15) is 0 Å². The lowest BCUT2D eigenvalue weighted by Crippen LogP contribution is -2.42. The Morgan fingerprint density at radius 2 is 2.27 bits per heavy atom. The van der Waals surface area contributed by atoms with Gasteiger partial charge in [0.1, 0.15) is 12.2 Å². The smallest absolute Gasteiger partial charge is 0.146 e. The third kappa shape index (κ3) is 2.37. The number of nitrogens with zero attached hydrogens (tertiary/aromatic N) is 3. The van der Waals surface area contributed by atoms with Gasteiger partial charge in [0.25, 0.3) is 0 Å². The summed E-state index contributed by atoms with van der Waals surface area (Å²) in [6, 6.07) is 0.689. The normalized spacial score (nSPS) is 25.6. The Hall–Kier alpha value is -0.900. The van der Waals surface area contributed by atoms with Crippen LogP contribution in [0.3, 0.4) is 0 Å². The highest BCUT2D eigenvalue weighted by Crippen LogP contribution is 2.33. The Morgan fingerprint density at radius 1 is 1.53 bits per heavy atom. The van der Waals surface area contributed by atoms with Gasteiger partial charge in [-0.15, -0.1) is 10.2 Å². The molecule has 1 saturated carbocycles. The summed E-state index contributed by atoms with van der Waals surface area (Å²) in [6.45, 7) is 5.46. The fourth-order valence-electron chi connectivity index (χ4n) is 2.08. The van der Waals surface area contributed by atoms with Gasteiger partial charge in [0, 0.05) is 13.1 Å². The third-order valence-electron chi connectivity index (χ3n) is 3.47. The Bertz CT molecular complexity index is 312. The third-order valence-corrected chi connectivity index (χ3v) is 3.47. The molecular formula is C11H20N4. The van der Waals surface area contributed by atoms with Crippen molar-refractivity contribution in [1.82, 2.24) is 20.1 Å². The van der Waals surface area contributed by atoms with Crippen molar-refractivity contribution in [2.45, 2.75) is 39.3 Å². The summed E-state index contributed by atoms with van der Waals surface area (Å²) in [6.07, 6.45) is 4.37. The van der Waals surface area contributed by atoms with Gasteiger partial charge in [-0.2, -0.15) is 0 Å². The van der Waals surface area contributed by atoms with Crippen molar-refractivity contribution in [3.05, 3.63) is 12.2 Å². The van der Waals surface area contributed by atoms with Gasteiger partial charge < -0.3 is 9.88 Å². The largest absolute Gasteiger partial charge is 0.320 e. The van der Waals surface area contributed by atoms with E-state index in [1.807, 2.05) is 11.6 Å². The van der Waals surface area contributed by atoms with Gasteiger partial charge in [0.2, 0.25) is 0 Å². The zero-order valence-corrected chi connectivity index (χ0v) is 9.77. The summed E-state index contributed by atoms with van der Waals surface area (Å²) in [5.41, 5.74) is 0. The monoisotopic (exact) mass is 208 g/mol. The molecule has 0 spiro atoms. The number of aryl methyl sites for hydroxylation is 1. The second-order valence-corrected chi connectivity index (χ2v) is 4.91. The molecule has 0 radical (unpaired) electrons. The fraction of sp³-hybridized carbons (Fsp3) is 0.818. The van der Waals surface area contributed by atoms with Crippen molar-refractivity contribution in [1.29, 1.82) is 0 Å². The quantitative estimate of drug-likeness (QED) is 0.812. The molecule has 0 amide bonds. The van der Waals surface area contributed by atoms with E-state index in [0.717, 1.165) is 24.2 Å². The van der Waals surface area contributed by atoms with Crippen LogP contribution in [0.2, 0.25) is 0 Å². The van der Waals surface area contributed by atoms with E-state index in [1.165, 1.54) is 12.8 Å². The van der Waals surface area contributed by atoms with E-state index in [-0.39, 0.29) is 0 Å². The lowest BCUT2D eigenvalue weighted by molar-refractivity contribution is 0.166. The van der Waals surface area contributed by atoms with Crippen molar-refractivity contribution in [3.8, 4) is 0 Å². The van der Waals surface area contributed by atoms with E-state index in [1.54, 1.807) is 6.33 Å². The minimum Gasteiger partial charge on any atom is -0.320 e. The van der Waals surface area contributed by atoms with Crippen LogP contribution in [0.25, 0.3) is 0 Å². The molecule has 1 aliphatic rings.